The second kappa shape index (κ2) is 29.2. The molecule has 0 spiro atoms. The van der Waals surface area contributed by atoms with E-state index >= 15 is 0 Å². The molecule has 0 aromatic rings. The van der Waals surface area contributed by atoms with Crippen molar-refractivity contribution < 1.29 is 9.90 Å². The van der Waals surface area contributed by atoms with E-state index in [-0.39, 0.29) is 6.47 Å². The molecule has 1 saturated carbocycles. The monoisotopic (exact) mass is 219 g/mol. The van der Waals surface area contributed by atoms with Gasteiger partial charge >= 0.3 is 0 Å². The molecule has 94 valence electrons. The van der Waals surface area contributed by atoms with Crippen LogP contribution in [0, 0.1) is 0 Å². The Kier molecular flexibility index (Phi) is 38.8. The highest BCUT2D eigenvalue weighted by Gasteiger charge is 1.95. The molecule has 1 fully saturated rings. The van der Waals surface area contributed by atoms with Crippen molar-refractivity contribution in [2.45, 2.75) is 65.2 Å². The van der Waals surface area contributed by atoms with Crippen LogP contribution in [0.15, 0.2) is 0 Å². The summed E-state index contributed by atoms with van der Waals surface area (Å²) in [7, 11) is 1.50. The predicted octanol–water partition coefficient (Wildman–Crippen LogP) is 3.42. The maximum atomic E-state index is 8.36. The number of rotatable bonds is 2. The van der Waals surface area contributed by atoms with Crippen molar-refractivity contribution in [3.8, 4) is 0 Å². The van der Waals surface area contributed by atoms with E-state index in [2.05, 4.69) is 19.6 Å². The molecular weight excluding hydrogens is 190 g/mol. The van der Waals surface area contributed by atoms with Crippen molar-refractivity contribution in [1.29, 1.82) is 0 Å². The molecule has 3 heteroatoms. The maximum absolute atomic E-state index is 8.36. The smallest absolute Gasteiger partial charge is 0.290 e. The van der Waals surface area contributed by atoms with Gasteiger partial charge in [0.25, 0.3) is 6.47 Å². The lowest BCUT2D eigenvalue weighted by molar-refractivity contribution is -0.122. The molecule has 1 rings (SSSR count). The zero-order valence-electron chi connectivity index (χ0n) is 10.7. The normalized spacial score (nSPS) is 12.0. The summed E-state index contributed by atoms with van der Waals surface area (Å²) in [5.41, 5.74) is 4.50. The lowest BCUT2D eigenvalue weighted by Crippen LogP contribution is -1.69. The molecule has 0 amide bonds. The van der Waals surface area contributed by atoms with Crippen molar-refractivity contribution in [3.05, 3.63) is 0 Å². The first-order chi connectivity index (χ1) is 7.33. The van der Waals surface area contributed by atoms with Crippen LogP contribution in [-0.2, 0) is 4.79 Å². The minimum Gasteiger partial charge on any atom is -0.483 e. The zero-order chi connectivity index (χ0) is 12.4. The molecule has 3 N–H and O–H groups in total. The molecule has 0 saturated heterocycles. The lowest BCUT2D eigenvalue weighted by atomic mass is 10.3. The summed E-state index contributed by atoms with van der Waals surface area (Å²) in [4.78, 5) is 8.36. The third-order valence-electron chi connectivity index (χ3n) is 1.96. The molecule has 0 heterocycles. The van der Waals surface area contributed by atoms with Gasteiger partial charge in [-0.25, -0.2) is 0 Å². The summed E-state index contributed by atoms with van der Waals surface area (Å²) >= 11 is 0. The van der Waals surface area contributed by atoms with E-state index < -0.39 is 0 Å². The van der Waals surface area contributed by atoms with Crippen LogP contribution in [0.3, 0.4) is 0 Å². The first-order valence-electron chi connectivity index (χ1n) is 5.99. The standard InChI is InChI=1S/C5H10.C5H12.CH5N.CH2O2/c1-2-4-5-3-1;1-3-5-4-2;1-2;2-1-3/h1-5H2;3-5H2,1-2H3;2H2,1H3;1H,(H,2,3). The zero-order valence-corrected chi connectivity index (χ0v) is 10.7. The molecule has 0 aliphatic heterocycles. The molecule has 0 radical (unpaired) electrons. The lowest BCUT2D eigenvalue weighted by Gasteiger charge is -1.79. The van der Waals surface area contributed by atoms with Crippen LogP contribution >= 0.6 is 0 Å². The summed E-state index contributed by atoms with van der Waals surface area (Å²) < 4.78 is 0. The average Bonchev–Trinajstić information content (AvgIpc) is 2.81. The van der Waals surface area contributed by atoms with Crippen molar-refractivity contribution in [2.75, 3.05) is 7.05 Å². The van der Waals surface area contributed by atoms with E-state index in [1.54, 1.807) is 0 Å². The Morgan fingerprint density at radius 1 is 1.00 bits per heavy atom. The topological polar surface area (TPSA) is 63.3 Å². The fourth-order valence-electron chi connectivity index (χ4n) is 1.24. The highest BCUT2D eigenvalue weighted by molar-refractivity contribution is 5.32. The van der Waals surface area contributed by atoms with E-state index in [1.807, 2.05) is 0 Å². The number of hydrogen-bond donors (Lipinski definition) is 2. The Bertz CT molecular complexity index is 74.1. The van der Waals surface area contributed by atoms with Crippen LogP contribution in [0.1, 0.15) is 65.2 Å². The average molecular weight is 219 g/mol. The fourth-order valence-corrected chi connectivity index (χ4v) is 1.24. The van der Waals surface area contributed by atoms with Crippen LogP contribution in [0.4, 0.5) is 0 Å². The Labute approximate surface area is 95.1 Å². The molecule has 0 bridgehead atoms. The van der Waals surface area contributed by atoms with E-state index in [1.165, 1.54) is 58.4 Å². The van der Waals surface area contributed by atoms with Crippen LogP contribution in [0.5, 0.6) is 0 Å². The van der Waals surface area contributed by atoms with E-state index in [0.717, 1.165) is 0 Å². The van der Waals surface area contributed by atoms with Gasteiger partial charge < -0.3 is 10.8 Å². The largest absolute Gasteiger partial charge is 0.483 e. The molecular formula is C12H29NO2. The van der Waals surface area contributed by atoms with Gasteiger partial charge in [-0.2, -0.15) is 0 Å². The molecule has 3 nitrogen and oxygen atoms in total. The SMILES string of the molecule is C1CCCC1.CCCCC.CN.O=CO. The van der Waals surface area contributed by atoms with Crippen LogP contribution in [0.25, 0.3) is 0 Å². The van der Waals surface area contributed by atoms with E-state index in [0.29, 0.717) is 0 Å². The Balaban J connectivity index is -0.000000137. The minimum atomic E-state index is -0.250. The third kappa shape index (κ3) is 42.4. The van der Waals surface area contributed by atoms with Gasteiger partial charge in [0.1, 0.15) is 0 Å². The van der Waals surface area contributed by atoms with Gasteiger partial charge in [0.05, 0.1) is 0 Å². The summed E-state index contributed by atoms with van der Waals surface area (Å²) in [6, 6.07) is 0. The number of carboxylic acid groups (broad SMARTS) is 1. The van der Waals surface area contributed by atoms with Gasteiger partial charge in [0.15, 0.2) is 0 Å². The van der Waals surface area contributed by atoms with Gasteiger partial charge in [0, 0.05) is 0 Å². The number of nitrogens with two attached hydrogens (primary N) is 1. The van der Waals surface area contributed by atoms with E-state index in [4.69, 9.17) is 9.90 Å². The maximum Gasteiger partial charge on any atom is 0.290 e. The summed E-state index contributed by atoms with van der Waals surface area (Å²) in [6.45, 7) is 4.17. The van der Waals surface area contributed by atoms with Crippen LogP contribution in [-0.4, -0.2) is 18.6 Å². The second-order valence-corrected chi connectivity index (χ2v) is 3.23. The van der Waals surface area contributed by atoms with Gasteiger partial charge in [-0.3, -0.25) is 4.79 Å². The van der Waals surface area contributed by atoms with Crippen LogP contribution < -0.4 is 5.73 Å². The van der Waals surface area contributed by atoms with Gasteiger partial charge in [-0.15, -0.1) is 0 Å². The van der Waals surface area contributed by atoms with E-state index in [9.17, 15) is 0 Å². The highest BCUT2D eigenvalue weighted by Crippen LogP contribution is 2.15. The molecule has 0 aromatic carbocycles. The molecule has 0 atom stereocenters. The van der Waals surface area contributed by atoms with Crippen molar-refractivity contribution in [3.63, 3.8) is 0 Å². The summed E-state index contributed by atoms with van der Waals surface area (Å²) in [6.07, 6.45) is 11.6. The number of unbranched alkanes of at least 4 members (excludes halogenated alkanes) is 2. The fraction of sp³-hybridized carbons (Fsp3) is 0.917. The number of hydrogen-bond acceptors (Lipinski definition) is 2. The van der Waals surface area contributed by atoms with Crippen molar-refractivity contribution in [2.24, 2.45) is 5.73 Å². The summed E-state index contributed by atoms with van der Waals surface area (Å²) in [5.74, 6) is 0. The molecule has 0 aromatic heterocycles. The Morgan fingerprint density at radius 2 is 1.20 bits per heavy atom. The first-order valence-corrected chi connectivity index (χ1v) is 5.99. The highest BCUT2D eigenvalue weighted by atomic mass is 16.3. The Morgan fingerprint density at radius 3 is 1.27 bits per heavy atom. The third-order valence-corrected chi connectivity index (χ3v) is 1.96. The van der Waals surface area contributed by atoms with Gasteiger partial charge in [-0.05, 0) is 7.05 Å². The Hall–Kier alpha value is -0.570. The van der Waals surface area contributed by atoms with Gasteiger partial charge in [-0.1, -0.05) is 65.2 Å². The first kappa shape index (κ1) is 19.9. The second-order valence-electron chi connectivity index (χ2n) is 3.23. The predicted molar refractivity (Wildman–Crippen MR) is 67.1 cm³/mol. The summed E-state index contributed by atoms with van der Waals surface area (Å²) in [5, 5.41) is 6.89. The molecule has 1 aliphatic rings. The minimum absolute atomic E-state index is 0.250. The molecule has 15 heavy (non-hydrogen) atoms. The number of carbonyl (C=O) groups is 1. The quantitative estimate of drug-likeness (QED) is 0.699. The van der Waals surface area contributed by atoms with Crippen molar-refractivity contribution >= 4 is 6.47 Å². The molecule has 1 aliphatic carbocycles. The van der Waals surface area contributed by atoms with Gasteiger partial charge in [0.2, 0.25) is 0 Å². The molecule has 0 unspecified atom stereocenters. The van der Waals surface area contributed by atoms with Crippen LogP contribution in [0.2, 0.25) is 0 Å². The van der Waals surface area contributed by atoms with Crippen molar-refractivity contribution in [1.82, 2.24) is 0 Å².